The van der Waals surface area contributed by atoms with Gasteiger partial charge in [-0.3, -0.25) is 0 Å². The van der Waals surface area contributed by atoms with Crippen molar-refractivity contribution in [3.05, 3.63) is 109 Å². The van der Waals surface area contributed by atoms with Crippen molar-refractivity contribution in [2.24, 2.45) is 0 Å². The van der Waals surface area contributed by atoms with Gasteiger partial charge >= 0.3 is 6.03 Å². The Balaban J connectivity index is 0.960. The number of imidazole rings is 2. The molecule has 0 saturated carbocycles. The summed E-state index contributed by atoms with van der Waals surface area (Å²) in [6.07, 6.45) is 7.05. The second kappa shape index (κ2) is 22.0. The highest BCUT2D eigenvalue weighted by Gasteiger charge is 2.17. The Morgan fingerprint density at radius 3 is 1.51 bits per heavy atom. The van der Waals surface area contributed by atoms with Gasteiger partial charge in [-0.05, 0) is 80.6 Å². The Bertz CT molecular complexity index is 1960. The maximum absolute atomic E-state index is 13.1. The van der Waals surface area contributed by atoms with Gasteiger partial charge in [0.2, 0.25) is 0 Å². The van der Waals surface area contributed by atoms with Crippen molar-refractivity contribution in [2.45, 2.75) is 62.2 Å². The molecular weight excluding hydrogens is 749 g/mol. The number of hydrogen-bond acceptors (Lipinski definition) is 7. The second-order valence-corrected chi connectivity index (χ2v) is 15.9. The van der Waals surface area contributed by atoms with Gasteiger partial charge in [-0.25, -0.2) is 14.8 Å². The lowest BCUT2D eigenvalue weighted by Gasteiger charge is -2.23. The molecule has 0 unspecified atom stereocenters. The monoisotopic (exact) mass is 802 g/mol. The highest BCUT2D eigenvalue weighted by Crippen LogP contribution is 2.35. The predicted octanol–water partition coefficient (Wildman–Crippen LogP) is 11.5. The summed E-state index contributed by atoms with van der Waals surface area (Å²) in [6.45, 7) is 4.31. The lowest BCUT2D eigenvalue weighted by atomic mass is 10.0. The molecular formula is C46H54N6O3S2. The first kappa shape index (κ1) is 41.5. The molecule has 9 nitrogen and oxygen atoms in total. The molecule has 0 radical (unpaired) electrons. The molecule has 2 aromatic heterocycles. The molecule has 6 aromatic rings. The average molecular weight is 803 g/mol. The number of aromatic nitrogens is 4. The number of unbranched alkanes of at least 4 members (excludes halogenated alkanes) is 4. The van der Waals surface area contributed by atoms with Crippen LogP contribution in [0.2, 0.25) is 0 Å². The first-order valence-corrected chi connectivity index (χ1v) is 21.9. The van der Waals surface area contributed by atoms with Crippen molar-refractivity contribution in [2.75, 3.05) is 45.4 Å². The molecule has 0 bridgehead atoms. The van der Waals surface area contributed by atoms with E-state index in [9.17, 15) is 4.79 Å². The summed E-state index contributed by atoms with van der Waals surface area (Å²) in [6, 6.07) is 36.9. The number of nitrogens with one attached hydrogen (secondary N) is 3. The highest BCUT2D eigenvalue weighted by molar-refractivity contribution is 7.99. The highest BCUT2D eigenvalue weighted by atomic mass is 32.2. The van der Waals surface area contributed by atoms with Crippen molar-refractivity contribution in [3.8, 4) is 56.5 Å². The predicted molar refractivity (Wildman–Crippen MR) is 236 cm³/mol. The number of thioether (sulfide) groups is 2. The zero-order chi connectivity index (χ0) is 39.7. The van der Waals surface area contributed by atoms with Gasteiger partial charge in [0, 0.05) is 53.4 Å². The quantitative estimate of drug-likeness (QED) is 0.0463. The molecule has 0 saturated heterocycles. The smallest absolute Gasteiger partial charge is 0.317 e. The largest absolute Gasteiger partial charge is 0.497 e. The molecule has 0 aliphatic carbocycles. The summed E-state index contributed by atoms with van der Waals surface area (Å²) in [5.74, 6) is 3.53. The molecule has 0 atom stereocenters. The van der Waals surface area contributed by atoms with Gasteiger partial charge < -0.3 is 29.7 Å². The van der Waals surface area contributed by atoms with E-state index in [0.29, 0.717) is 6.54 Å². The minimum atomic E-state index is 0.0470. The van der Waals surface area contributed by atoms with Gasteiger partial charge in [-0.1, -0.05) is 104 Å². The maximum Gasteiger partial charge on any atom is 0.317 e. The molecule has 57 heavy (non-hydrogen) atoms. The van der Waals surface area contributed by atoms with E-state index in [2.05, 4.69) is 82.9 Å². The Morgan fingerprint density at radius 1 is 0.596 bits per heavy atom. The van der Waals surface area contributed by atoms with Crippen LogP contribution in [0.25, 0.3) is 45.0 Å². The lowest BCUT2D eigenvalue weighted by molar-refractivity contribution is 0.195. The van der Waals surface area contributed by atoms with Gasteiger partial charge in [-0.2, -0.15) is 0 Å². The number of benzene rings is 4. The summed E-state index contributed by atoms with van der Waals surface area (Å²) in [5, 5.41) is 4.93. The van der Waals surface area contributed by atoms with Crippen LogP contribution in [0.4, 0.5) is 4.79 Å². The van der Waals surface area contributed by atoms with Crippen LogP contribution in [0, 0.1) is 0 Å². The fraction of sp³-hybridized carbons (Fsp3) is 0.326. The number of carbonyl (C=O) groups is 1. The average Bonchev–Trinajstić information content (AvgIpc) is 3.90. The van der Waals surface area contributed by atoms with Crippen molar-refractivity contribution in [3.63, 3.8) is 0 Å². The lowest BCUT2D eigenvalue weighted by Crippen LogP contribution is -2.41. The van der Waals surface area contributed by atoms with Crippen LogP contribution in [0.3, 0.4) is 0 Å². The minimum Gasteiger partial charge on any atom is -0.497 e. The topological polar surface area (TPSA) is 108 Å². The van der Waals surface area contributed by atoms with Crippen molar-refractivity contribution < 1.29 is 14.3 Å². The van der Waals surface area contributed by atoms with E-state index in [1.165, 1.54) is 0 Å². The van der Waals surface area contributed by atoms with Gasteiger partial charge in [0.15, 0.2) is 10.3 Å². The molecule has 298 valence electrons. The number of methoxy groups -OCH3 is 2. The third kappa shape index (κ3) is 11.9. The number of hydrogen-bond donors (Lipinski definition) is 3. The van der Waals surface area contributed by atoms with Crippen molar-refractivity contribution >= 4 is 29.6 Å². The molecule has 3 N–H and O–H groups in total. The summed E-state index contributed by atoms with van der Waals surface area (Å²) >= 11 is 3.50. The molecule has 0 aliphatic heterocycles. The molecule has 4 aromatic carbocycles. The number of nitrogens with zero attached hydrogens (tertiary/aromatic N) is 3. The van der Waals surface area contributed by atoms with E-state index in [1.807, 2.05) is 53.4 Å². The first-order valence-electron chi connectivity index (χ1n) is 19.9. The van der Waals surface area contributed by atoms with E-state index in [1.54, 1.807) is 37.7 Å². The molecule has 2 amide bonds. The fourth-order valence-electron chi connectivity index (χ4n) is 6.54. The van der Waals surface area contributed by atoms with Crippen LogP contribution in [-0.2, 0) is 0 Å². The fourth-order valence-corrected chi connectivity index (χ4v) is 8.29. The normalized spacial score (nSPS) is 11.1. The SMILES string of the molecule is CCCNC(=O)N(CCCCCSc1nc(-c2ccccc2)c(-c2ccccc2)[nH]1)CCCCCSc1nc(-c2ccc(OC)cc2)c(-c2ccc(OC)cc2)[nH]1. The molecule has 0 spiro atoms. The molecule has 11 heteroatoms. The van der Waals surface area contributed by atoms with Gasteiger partial charge in [0.05, 0.1) is 37.0 Å². The van der Waals surface area contributed by atoms with E-state index in [4.69, 9.17) is 19.4 Å². The van der Waals surface area contributed by atoms with Crippen LogP contribution >= 0.6 is 23.5 Å². The van der Waals surface area contributed by atoms with Crippen LogP contribution < -0.4 is 14.8 Å². The zero-order valence-electron chi connectivity index (χ0n) is 33.3. The summed E-state index contributed by atoms with van der Waals surface area (Å²) in [7, 11) is 3.35. The number of carbonyl (C=O) groups excluding carboxylic acids is 1. The Kier molecular flexibility index (Phi) is 16.0. The summed E-state index contributed by atoms with van der Waals surface area (Å²) in [4.78, 5) is 32.3. The van der Waals surface area contributed by atoms with E-state index in [-0.39, 0.29) is 6.03 Å². The molecule has 0 aliphatic rings. The number of H-pyrrole nitrogens is 2. The van der Waals surface area contributed by atoms with E-state index < -0.39 is 0 Å². The molecule has 6 rings (SSSR count). The number of aromatic amines is 2. The van der Waals surface area contributed by atoms with Crippen LogP contribution in [0.15, 0.2) is 120 Å². The van der Waals surface area contributed by atoms with E-state index >= 15 is 0 Å². The van der Waals surface area contributed by atoms with Gasteiger partial charge in [-0.15, -0.1) is 0 Å². The zero-order valence-corrected chi connectivity index (χ0v) is 34.9. The maximum atomic E-state index is 13.1. The standard InChI is InChI=1S/C46H54N6O3S2/c1-4-29-47-46(53)52(30-13-7-15-32-56-44-48-40(34-17-9-5-10-18-34)41(49-44)35-19-11-6-12-20-35)31-14-8-16-33-57-45-50-42(36-21-25-38(54-2)26-22-36)43(51-45)37-23-27-39(55-3)28-24-37/h5-6,9-12,17-28H,4,7-8,13-16,29-33H2,1-3H3,(H,47,53)(H,48,49)(H,50,51). The minimum absolute atomic E-state index is 0.0470. The number of ether oxygens (including phenoxy) is 2. The first-order chi connectivity index (χ1) is 28.1. The Hall–Kier alpha value is -5.13. The summed E-state index contributed by atoms with van der Waals surface area (Å²) < 4.78 is 10.8. The number of amides is 2. The van der Waals surface area contributed by atoms with E-state index in [0.717, 1.165) is 136 Å². The van der Waals surface area contributed by atoms with Crippen molar-refractivity contribution in [1.29, 1.82) is 0 Å². The van der Waals surface area contributed by atoms with Crippen LogP contribution in [0.5, 0.6) is 11.5 Å². The Morgan fingerprint density at radius 2 is 1.04 bits per heavy atom. The van der Waals surface area contributed by atoms with Crippen LogP contribution in [0.1, 0.15) is 51.9 Å². The third-order valence-electron chi connectivity index (χ3n) is 9.65. The number of urea groups is 1. The summed E-state index contributed by atoms with van der Waals surface area (Å²) in [5.41, 5.74) is 8.24. The number of rotatable bonds is 22. The molecule has 0 fully saturated rings. The molecule has 2 heterocycles. The third-order valence-corrected chi connectivity index (χ3v) is 11.6. The second-order valence-electron chi connectivity index (χ2n) is 13.8. The van der Waals surface area contributed by atoms with Crippen LogP contribution in [-0.4, -0.2) is 76.2 Å². The Labute approximate surface area is 345 Å². The van der Waals surface area contributed by atoms with Crippen molar-refractivity contribution in [1.82, 2.24) is 30.2 Å². The van der Waals surface area contributed by atoms with Gasteiger partial charge in [0.25, 0.3) is 0 Å². The van der Waals surface area contributed by atoms with Gasteiger partial charge in [0.1, 0.15) is 11.5 Å².